The Morgan fingerprint density at radius 1 is 0.489 bits per heavy atom. The van der Waals surface area contributed by atoms with Gasteiger partial charge in [0, 0.05) is 44.3 Å². The van der Waals surface area contributed by atoms with Crippen LogP contribution in [0.5, 0.6) is 5.75 Å². The number of unbranched alkanes of at least 4 members (excludes halogenated alkanes) is 6. The van der Waals surface area contributed by atoms with Gasteiger partial charge in [-0.25, -0.2) is 9.97 Å². The van der Waals surface area contributed by atoms with Gasteiger partial charge in [0.2, 0.25) is 0 Å². The van der Waals surface area contributed by atoms with Gasteiger partial charge in [-0.2, -0.15) is 0 Å². The number of aryl methyl sites for hydroxylation is 2. The molecule has 5 heterocycles. The third kappa shape index (κ3) is 7.30. The predicted molar refractivity (Wildman–Crippen MR) is 201 cm³/mol. The average molecular weight is 627 g/mol. The Morgan fingerprint density at radius 2 is 0.936 bits per heavy atom. The van der Waals surface area contributed by atoms with Crippen LogP contribution in [-0.2, 0) is 19.3 Å². The first-order chi connectivity index (χ1) is 23.1. The standard InChI is InChI=1S/C42H50N4O/c1-5-8-11-13-16-33-36-22-21-34(43-36)31(14-10-7-3)38-25-27-40(45-38)42(29-17-19-30(47-4)20-18-29)41-28-26-39(46-41)32(15-12-9-6-2)35-23-24-37(33)44-35/h17-28,45-46H,5-16H2,1-4H3. The number of aromatic nitrogens is 4. The Morgan fingerprint density at radius 3 is 1.47 bits per heavy atom. The second-order valence-corrected chi connectivity index (χ2v) is 12.9. The molecule has 0 fully saturated rings. The zero-order valence-corrected chi connectivity index (χ0v) is 28.7. The highest BCUT2D eigenvalue weighted by Gasteiger charge is 2.17. The van der Waals surface area contributed by atoms with Gasteiger partial charge >= 0.3 is 0 Å². The fourth-order valence-corrected chi connectivity index (χ4v) is 6.87. The molecule has 0 saturated heterocycles. The van der Waals surface area contributed by atoms with E-state index in [1.807, 2.05) is 12.1 Å². The zero-order valence-electron chi connectivity index (χ0n) is 28.7. The first-order valence-electron chi connectivity index (χ1n) is 17.9. The summed E-state index contributed by atoms with van der Waals surface area (Å²) in [6, 6.07) is 17.3. The van der Waals surface area contributed by atoms with E-state index in [1.165, 1.54) is 48.8 Å². The Labute approximate surface area is 280 Å². The number of fused-ring (bicyclic) bond motifs is 8. The molecule has 0 spiro atoms. The molecular formula is C42H50N4O. The van der Waals surface area contributed by atoms with E-state index in [9.17, 15) is 0 Å². The molecule has 4 aromatic rings. The molecule has 47 heavy (non-hydrogen) atoms. The zero-order chi connectivity index (χ0) is 32.6. The molecule has 0 amide bonds. The fourth-order valence-electron chi connectivity index (χ4n) is 6.87. The van der Waals surface area contributed by atoms with Crippen molar-refractivity contribution in [1.82, 2.24) is 19.9 Å². The molecule has 0 atom stereocenters. The van der Waals surface area contributed by atoms with Crippen molar-refractivity contribution in [1.29, 1.82) is 0 Å². The summed E-state index contributed by atoms with van der Waals surface area (Å²) in [6.07, 6.45) is 22.5. The van der Waals surface area contributed by atoms with Gasteiger partial charge in [-0.3, -0.25) is 0 Å². The van der Waals surface area contributed by atoms with Crippen LogP contribution in [0.2, 0.25) is 0 Å². The summed E-state index contributed by atoms with van der Waals surface area (Å²) in [5, 5.41) is 0. The minimum atomic E-state index is 0.848. The SMILES string of the molecule is CCCCCCc1c2nc(c(CCCC)c3ccc([nH]3)c(-c3ccc(OC)cc3)c3ccc([nH]3)c(CCCCC)c3nc1C=C3)C=C2. The highest BCUT2D eigenvalue weighted by Crippen LogP contribution is 2.33. The van der Waals surface area contributed by atoms with Crippen LogP contribution in [0.15, 0.2) is 48.5 Å². The van der Waals surface area contributed by atoms with E-state index in [-0.39, 0.29) is 0 Å². The average Bonchev–Trinajstić information content (AvgIpc) is 3.93. The number of nitrogens with zero attached hydrogens (tertiary/aromatic N) is 2. The number of ether oxygens (including phenoxy) is 1. The summed E-state index contributed by atoms with van der Waals surface area (Å²) in [6.45, 7) is 6.80. The molecule has 2 aliphatic heterocycles. The van der Waals surface area contributed by atoms with Gasteiger partial charge in [-0.1, -0.05) is 71.4 Å². The fraction of sp³-hybridized carbons (Fsp3) is 0.381. The second kappa shape index (κ2) is 15.5. The highest BCUT2D eigenvalue weighted by atomic mass is 16.5. The van der Waals surface area contributed by atoms with Gasteiger partial charge in [-0.15, -0.1) is 0 Å². The Bertz CT molecular complexity index is 1910. The summed E-state index contributed by atoms with van der Waals surface area (Å²) in [7, 11) is 1.71. The first-order valence-corrected chi connectivity index (χ1v) is 17.9. The number of H-pyrrole nitrogens is 2. The summed E-state index contributed by atoms with van der Waals surface area (Å²) in [5.41, 5.74) is 14.8. The van der Waals surface area contributed by atoms with E-state index in [2.05, 4.69) is 91.4 Å². The predicted octanol–water partition coefficient (Wildman–Crippen LogP) is 11.5. The largest absolute Gasteiger partial charge is 0.497 e. The van der Waals surface area contributed by atoms with Crippen molar-refractivity contribution in [2.75, 3.05) is 7.11 Å². The topological polar surface area (TPSA) is 66.6 Å². The molecule has 0 unspecified atom stereocenters. The van der Waals surface area contributed by atoms with E-state index in [4.69, 9.17) is 14.7 Å². The summed E-state index contributed by atoms with van der Waals surface area (Å²) < 4.78 is 5.51. The highest BCUT2D eigenvalue weighted by molar-refractivity contribution is 5.94. The molecular weight excluding hydrogens is 576 g/mol. The van der Waals surface area contributed by atoms with Crippen LogP contribution in [0.1, 0.15) is 118 Å². The van der Waals surface area contributed by atoms with Crippen molar-refractivity contribution in [3.63, 3.8) is 0 Å². The number of aromatic amines is 2. The van der Waals surface area contributed by atoms with Crippen molar-refractivity contribution in [3.8, 4) is 16.9 Å². The number of hydrogen-bond acceptors (Lipinski definition) is 3. The van der Waals surface area contributed by atoms with Crippen LogP contribution in [0.25, 0.3) is 57.5 Å². The van der Waals surface area contributed by atoms with E-state index in [1.54, 1.807) is 7.11 Å². The molecule has 5 heteroatoms. The molecule has 5 nitrogen and oxygen atoms in total. The second-order valence-electron chi connectivity index (χ2n) is 12.9. The molecule has 6 rings (SSSR count). The molecule has 244 valence electrons. The minimum absolute atomic E-state index is 0.848. The number of rotatable bonds is 14. The molecule has 2 aliphatic rings. The Hall–Kier alpha value is -4.38. The van der Waals surface area contributed by atoms with Crippen LogP contribution in [0.3, 0.4) is 0 Å². The Kier molecular flexibility index (Phi) is 10.7. The van der Waals surface area contributed by atoms with E-state index >= 15 is 0 Å². The normalized spacial score (nSPS) is 12.3. The third-order valence-electron chi connectivity index (χ3n) is 9.55. The molecule has 0 radical (unpaired) electrons. The van der Waals surface area contributed by atoms with Crippen molar-refractivity contribution in [2.45, 2.75) is 97.8 Å². The summed E-state index contributed by atoms with van der Waals surface area (Å²) in [5.74, 6) is 0.848. The van der Waals surface area contributed by atoms with Crippen molar-refractivity contribution in [2.24, 2.45) is 0 Å². The maximum absolute atomic E-state index is 5.51. The lowest BCUT2D eigenvalue weighted by Gasteiger charge is -2.07. The summed E-state index contributed by atoms with van der Waals surface area (Å²) in [4.78, 5) is 18.4. The first kappa shape index (κ1) is 32.6. The van der Waals surface area contributed by atoms with Gasteiger partial charge in [-0.05, 0) is 105 Å². The van der Waals surface area contributed by atoms with E-state index in [0.717, 1.165) is 107 Å². The van der Waals surface area contributed by atoms with Crippen LogP contribution >= 0.6 is 0 Å². The van der Waals surface area contributed by atoms with Crippen LogP contribution in [0, 0.1) is 0 Å². The Balaban J connectivity index is 1.68. The number of benzene rings is 1. The lowest BCUT2D eigenvalue weighted by Crippen LogP contribution is -1.97. The van der Waals surface area contributed by atoms with Gasteiger partial charge in [0.15, 0.2) is 0 Å². The third-order valence-corrected chi connectivity index (χ3v) is 9.55. The lowest BCUT2D eigenvalue weighted by atomic mass is 10.0. The molecule has 0 aliphatic carbocycles. The number of methoxy groups -OCH3 is 1. The van der Waals surface area contributed by atoms with E-state index in [0.29, 0.717) is 0 Å². The quantitative estimate of drug-likeness (QED) is 0.118. The van der Waals surface area contributed by atoms with Gasteiger partial charge in [0.25, 0.3) is 0 Å². The van der Waals surface area contributed by atoms with Gasteiger partial charge in [0.05, 0.1) is 29.9 Å². The molecule has 1 aromatic carbocycles. The summed E-state index contributed by atoms with van der Waals surface area (Å²) >= 11 is 0. The molecule has 0 saturated carbocycles. The van der Waals surface area contributed by atoms with Crippen molar-refractivity contribution in [3.05, 3.63) is 88.0 Å². The molecule has 2 N–H and O–H groups in total. The van der Waals surface area contributed by atoms with Crippen molar-refractivity contribution >= 4 is 46.4 Å². The molecule has 3 aromatic heterocycles. The lowest BCUT2D eigenvalue weighted by molar-refractivity contribution is 0.415. The van der Waals surface area contributed by atoms with Crippen LogP contribution in [-0.4, -0.2) is 27.0 Å². The van der Waals surface area contributed by atoms with Crippen molar-refractivity contribution < 1.29 is 4.74 Å². The maximum atomic E-state index is 5.51. The van der Waals surface area contributed by atoms with Gasteiger partial charge < -0.3 is 14.7 Å². The van der Waals surface area contributed by atoms with Gasteiger partial charge in [0.1, 0.15) is 5.75 Å². The monoisotopic (exact) mass is 626 g/mol. The number of nitrogens with one attached hydrogen (secondary N) is 2. The number of hydrogen-bond donors (Lipinski definition) is 2. The van der Waals surface area contributed by atoms with Crippen LogP contribution < -0.4 is 4.74 Å². The van der Waals surface area contributed by atoms with Crippen LogP contribution in [0.4, 0.5) is 0 Å². The van der Waals surface area contributed by atoms with E-state index < -0.39 is 0 Å². The smallest absolute Gasteiger partial charge is 0.118 e. The minimum Gasteiger partial charge on any atom is -0.497 e. The maximum Gasteiger partial charge on any atom is 0.118 e. The molecule has 8 bridgehead atoms.